The first-order chi connectivity index (χ1) is 9.52. The molecule has 1 heterocycles. The molecule has 0 aromatic carbocycles. The summed E-state index contributed by atoms with van der Waals surface area (Å²) in [6, 6.07) is 0. The Balaban J connectivity index is 1.81. The fraction of sp³-hybridized carbons (Fsp3) is 0.750. The SMILES string of the molecule is FC(F)(F)c1cn(CC2CC(F)(F)C2(F)F)nc1C1CC1. The van der Waals surface area contributed by atoms with Crippen molar-refractivity contribution in [1.29, 1.82) is 0 Å². The van der Waals surface area contributed by atoms with Crippen LogP contribution >= 0.6 is 0 Å². The second-order valence-corrected chi connectivity index (χ2v) is 5.65. The van der Waals surface area contributed by atoms with Crippen LogP contribution in [0.3, 0.4) is 0 Å². The van der Waals surface area contributed by atoms with Gasteiger partial charge in [0.25, 0.3) is 0 Å². The van der Waals surface area contributed by atoms with Crippen LogP contribution in [0.2, 0.25) is 0 Å². The van der Waals surface area contributed by atoms with E-state index in [-0.39, 0.29) is 11.6 Å². The number of hydrogen-bond acceptors (Lipinski definition) is 1. The molecule has 3 rings (SSSR count). The van der Waals surface area contributed by atoms with E-state index in [1.807, 2.05) is 0 Å². The smallest absolute Gasteiger partial charge is 0.271 e. The van der Waals surface area contributed by atoms with Gasteiger partial charge in [-0.3, -0.25) is 4.68 Å². The minimum absolute atomic E-state index is 0.170. The molecule has 2 aliphatic rings. The second-order valence-electron chi connectivity index (χ2n) is 5.65. The number of aromatic nitrogens is 2. The summed E-state index contributed by atoms with van der Waals surface area (Å²) < 4.78 is 91.0. The highest BCUT2D eigenvalue weighted by atomic mass is 19.4. The fourth-order valence-corrected chi connectivity index (χ4v) is 2.55. The van der Waals surface area contributed by atoms with E-state index in [9.17, 15) is 30.7 Å². The van der Waals surface area contributed by atoms with E-state index in [0.29, 0.717) is 19.0 Å². The maximum atomic E-state index is 13.2. The van der Waals surface area contributed by atoms with Gasteiger partial charge in [0.2, 0.25) is 0 Å². The van der Waals surface area contributed by atoms with Crippen molar-refractivity contribution in [2.45, 2.75) is 49.7 Å². The molecule has 9 heteroatoms. The largest absolute Gasteiger partial charge is 0.419 e. The summed E-state index contributed by atoms with van der Waals surface area (Å²) in [6.07, 6.45) is -3.89. The van der Waals surface area contributed by atoms with Crippen molar-refractivity contribution in [3.63, 3.8) is 0 Å². The highest BCUT2D eigenvalue weighted by molar-refractivity contribution is 5.27. The van der Waals surface area contributed by atoms with E-state index in [1.165, 1.54) is 0 Å². The van der Waals surface area contributed by atoms with Crippen molar-refractivity contribution in [3.05, 3.63) is 17.5 Å². The molecule has 0 spiro atoms. The third-order valence-corrected chi connectivity index (χ3v) is 3.97. The number of alkyl halides is 7. The van der Waals surface area contributed by atoms with E-state index >= 15 is 0 Å². The summed E-state index contributed by atoms with van der Waals surface area (Å²) in [4.78, 5) is 0. The number of halogens is 7. The topological polar surface area (TPSA) is 17.8 Å². The van der Waals surface area contributed by atoms with Crippen LogP contribution in [0.25, 0.3) is 0 Å². The Bertz CT molecular complexity index is 556. The molecule has 2 nitrogen and oxygen atoms in total. The quantitative estimate of drug-likeness (QED) is 0.769. The minimum Gasteiger partial charge on any atom is -0.271 e. The van der Waals surface area contributed by atoms with Crippen LogP contribution in [0, 0.1) is 5.92 Å². The van der Waals surface area contributed by atoms with Crippen LogP contribution in [0.5, 0.6) is 0 Å². The first-order valence-electron chi connectivity index (χ1n) is 6.42. The lowest BCUT2D eigenvalue weighted by Crippen LogP contribution is -2.59. The number of nitrogens with zero attached hydrogens (tertiary/aromatic N) is 2. The third-order valence-electron chi connectivity index (χ3n) is 3.97. The van der Waals surface area contributed by atoms with Gasteiger partial charge in [0.05, 0.1) is 17.2 Å². The highest BCUT2D eigenvalue weighted by Crippen LogP contribution is 2.56. The van der Waals surface area contributed by atoms with Gasteiger partial charge in [0, 0.05) is 25.1 Å². The average molecular weight is 316 g/mol. The maximum Gasteiger partial charge on any atom is 0.419 e. The molecule has 1 unspecified atom stereocenters. The molecule has 118 valence electrons. The highest BCUT2D eigenvalue weighted by Gasteiger charge is 2.71. The van der Waals surface area contributed by atoms with Gasteiger partial charge in [0.1, 0.15) is 0 Å². The van der Waals surface area contributed by atoms with Crippen molar-refractivity contribution in [2.75, 3.05) is 0 Å². The van der Waals surface area contributed by atoms with Gasteiger partial charge in [0.15, 0.2) is 0 Å². The van der Waals surface area contributed by atoms with Crippen molar-refractivity contribution in [2.24, 2.45) is 5.92 Å². The van der Waals surface area contributed by atoms with E-state index < -0.39 is 42.5 Å². The molecule has 21 heavy (non-hydrogen) atoms. The maximum absolute atomic E-state index is 13.2. The Morgan fingerprint density at radius 2 is 1.81 bits per heavy atom. The lowest BCUT2D eigenvalue weighted by molar-refractivity contribution is -0.316. The van der Waals surface area contributed by atoms with Gasteiger partial charge in [-0.05, 0) is 12.8 Å². The predicted octanol–water partition coefficient (Wildman–Crippen LogP) is 4.07. The van der Waals surface area contributed by atoms with Crippen molar-refractivity contribution >= 4 is 0 Å². The molecule has 0 saturated heterocycles. The number of hydrogen-bond donors (Lipinski definition) is 0. The Kier molecular flexibility index (Phi) is 2.88. The van der Waals surface area contributed by atoms with E-state index in [0.717, 1.165) is 4.68 Å². The molecule has 0 N–H and O–H groups in total. The van der Waals surface area contributed by atoms with Crippen LogP contribution in [-0.4, -0.2) is 21.6 Å². The van der Waals surface area contributed by atoms with Gasteiger partial charge in [-0.25, -0.2) is 0 Å². The van der Waals surface area contributed by atoms with Crippen molar-refractivity contribution in [1.82, 2.24) is 9.78 Å². The lowest BCUT2D eigenvalue weighted by Gasteiger charge is -2.43. The molecule has 1 aromatic heterocycles. The molecule has 0 amide bonds. The van der Waals surface area contributed by atoms with Gasteiger partial charge in [-0.2, -0.15) is 35.8 Å². The molecular formula is C12H11F7N2. The molecule has 2 fully saturated rings. The van der Waals surface area contributed by atoms with Crippen molar-refractivity contribution in [3.8, 4) is 0 Å². The predicted molar refractivity (Wildman–Crippen MR) is 57.2 cm³/mol. The first-order valence-corrected chi connectivity index (χ1v) is 6.42. The van der Waals surface area contributed by atoms with Gasteiger partial charge < -0.3 is 0 Å². The monoisotopic (exact) mass is 316 g/mol. The third kappa shape index (κ3) is 2.30. The Morgan fingerprint density at radius 1 is 1.19 bits per heavy atom. The standard InChI is InChI=1S/C12H11F7N2/c13-10(14)3-7(11(10,15)16)4-21-5-8(12(17,18)19)9(20-21)6-1-2-6/h5-7H,1-4H2. The fourth-order valence-electron chi connectivity index (χ4n) is 2.55. The van der Waals surface area contributed by atoms with Crippen molar-refractivity contribution < 1.29 is 30.7 Å². The Hall–Kier alpha value is -1.28. The van der Waals surface area contributed by atoms with E-state index in [4.69, 9.17) is 0 Å². The molecule has 2 saturated carbocycles. The van der Waals surface area contributed by atoms with Crippen LogP contribution in [0.1, 0.15) is 36.4 Å². The normalized spacial score (nSPS) is 27.5. The summed E-state index contributed by atoms with van der Waals surface area (Å²) >= 11 is 0. The molecule has 0 bridgehead atoms. The average Bonchev–Trinajstić information content (AvgIpc) is 3.08. The molecule has 2 aliphatic carbocycles. The molecule has 0 radical (unpaired) electrons. The van der Waals surface area contributed by atoms with E-state index in [1.54, 1.807) is 0 Å². The number of rotatable bonds is 3. The van der Waals surface area contributed by atoms with Gasteiger partial charge >= 0.3 is 18.0 Å². The van der Waals surface area contributed by atoms with Gasteiger partial charge in [-0.15, -0.1) is 0 Å². The zero-order valence-corrected chi connectivity index (χ0v) is 10.6. The Labute approximate surface area is 114 Å². The van der Waals surface area contributed by atoms with Crippen LogP contribution < -0.4 is 0 Å². The lowest BCUT2D eigenvalue weighted by atomic mass is 9.77. The van der Waals surface area contributed by atoms with Crippen LogP contribution in [0.15, 0.2) is 6.20 Å². The molecule has 1 atom stereocenters. The second kappa shape index (κ2) is 4.13. The van der Waals surface area contributed by atoms with Gasteiger partial charge in [-0.1, -0.05) is 0 Å². The summed E-state index contributed by atoms with van der Waals surface area (Å²) in [5, 5.41) is 3.69. The zero-order chi connectivity index (χ0) is 15.6. The van der Waals surface area contributed by atoms with Crippen LogP contribution in [-0.2, 0) is 12.7 Å². The van der Waals surface area contributed by atoms with E-state index in [2.05, 4.69) is 5.10 Å². The zero-order valence-electron chi connectivity index (χ0n) is 10.6. The van der Waals surface area contributed by atoms with Crippen LogP contribution in [0.4, 0.5) is 30.7 Å². The summed E-state index contributed by atoms with van der Waals surface area (Å²) in [5.41, 5.74) is -1.13. The Morgan fingerprint density at radius 3 is 2.24 bits per heavy atom. The molecule has 1 aromatic rings. The minimum atomic E-state index is -4.62. The summed E-state index contributed by atoms with van der Waals surface area (Å²) in [5.74, 6) is -10.3. The first kappa shape index (κ1) is 14.6. The summed E-state index contributed by atoms with van der Waals surface area (Å²) in [7, 11) is 0. The summed E-state index contributed by atoms with van der Waals surface area (Å²) in [6.45, 7) is -0.640. The molecular weight excluding hydrogens is 305 g/mol. The molecule has 0 aliphatic heterocycles.